The first-order valence-electron chi connectivity index (χ1n) is 11.3. The molecule has 0 aliphatic carbocycles. The Hall–Kier alpha value is -4.08. The van der Waals surface area contributed by atoms with Crippen molar-refractivity contribution in [1.82, 2.24) is 9.47 Å². The van der Waals surface area contributed by atoms with Crippen LogP contribution in [0.15, 0.2) is 83.9 Å². The SMILES string of the molecule is O=C1S/C(=C\c2cn(Cc3ccccc3[N+](=O)[O-])c3ccccc23)C(=O)N1CCOc1ccc(Cl)cc1. The van der Waals surface area contributed by atoms with Crippen LogP contribution in [0, 0.1) is 10.1 Å². The van der Waals surface area contributed by atoms with Gasteiger partial charge < -0.3 is 9.30 Å². The van der Waals surface area contributed by atoms with Crippen LogP contribution in [0.4, 0.5) is 10.5 Å². The number of thioether (sulfide) groups is 1. The quantitative estimate of drug-likeness (QED) is 0.148. The number of benzene rings is 3. The molecule has 186 valence electrons. The van der Waals surface area contributed by atoms with Gasteiger partial charge in [0.15, 0.2) is 0 Å². The van der Waals surface area contributed by atoms with Gasteiger partial charge in [-0.3, -0.25) is 24.6 Å². The maximum atomic E-state index is 13.0. The summed E-state index contributed by atoms with van der Waals surface area (Å²) in [7, 11) is 0. The Morgan fingerprint density at radius 1 is 1.00 bits per heavy atom. The van der Waals surface area contributed by atoms with Gasteiger partial charge in [-0.2, -0.15) is 0 Å². The Kier molecular flexibility index (Phi) is 6.98. The molecule has 2 heterocycles. The van der Waals surface area contributed by atoms with Gasteiger partial charge in [0.2, 0.25) is 0 Å². The summed E-state index contributed by atoms with van der Waals surface area (Å²) in [6.45, 7) is 0.557. The molecule has 2 amide bonds. The molecule has 1 saturated heterocycles. The van der Waals surface area contributed by atoms with Crippen LogP contribution in [0.3, 0.4) is 0 Å². The van der Waals surface area contributed by atoms with Gasteiger partial charge in [-0.25, -0.2) is 0 Å². The van der Waals surface area contributed by atoms with E-state index in [9.17, 15) is 19.7 Å². The van der Waals surface area contributed by atoms with Crippen LogP contribution < -0.4 is 4.74 Å². The van der Waals surface area contributed by atoms with Crippen LogP contribution in [0.1, 0.15) is 11.1 Å². The van der Waals surface area contributed by atoms with Gasteiger partial charge in [0.1, 0.15) is 12.4 Å². The smallest absolute Gasteiger partial charge is 0.293 e. The number of rotatable bonds is 8. The number of carbonyl (C=O) groups is 2. The third-order valence-corrected chi connectivity index (χ3v) is 7.07. The highest BCUT2D eigenvalue weighted by Crippen LogP contribution is 2.34. The molecule has 0 spiro atoms. The first kappa shape index (κ1) is 24.6. The van der Waals surface area contributed by atoms with E-state index >= 15 is 0 Å². The van der Waals surface area contributed by atoms with Crippen LogP contribution in [0.5, 0.6) is 5.75 Å². The fourth-order valence-corrected chi connectivity index (χ4v) is 5.13. The van der Waals surface area contributed by atoms with Crippen molar-refractivity contribution in [3.63, 3.8) is 0 Å². The number of hydrogen-bond acceptors (Lipinski definition) is 6. The summed E-state index contributed by atoms with van der Waals surface area (Å²) in [5, 5.41) is 12.6. The van der Waals surface area contributed by atoms with Gasteiger partial charge in [0, 0.05) is 39.3 Å². The number of nitro groups is 1. The summed E-state index contributed by atoms with van der Waals surface area (Å²) in [6, 6.07) is 21.1. The summed E-state index contributed by atoms with van der Waals surface area (Å²) in [4.78, 5) is 38.1. The molecule has 0 radical (unpaired) electrons. The number of para-hydroxylation sites is 2. The van der Waals surface area contributed by atoms with E-state index in [-0.39, 0.29) is 36.5 Å². The van der Waals surface area contributed by atoms with Gasteiger partial charge in [-0.15, -0.1) is 0 Å². The van der Waals surface area contributed by atoms with Gasteiger partial charge in [0.25, 0.3) is 16.8 Å². The van der Waals surface area contributed by atoms with Gasteiger partial charge in [0.05, 0.1) is 22.9 Å². The van der Waals surface area contributed by atoms with Crippen molar-refractivity contribution in [1.29, 1.82) is 0 Å². The predicted octanol–water partition coefficient (Wildman–Crippen LogP) is 6.37. The number of nitro benzene ring substituents is 1. The minimum Gasteiger partial charge on any atom is -0.492 e. The van der Waals surface area contributed by atoms with Crippen LogP contribution in [-0.4, -0.2) is 38.7 Å². The van der Waals surface area contributed by atoms with Crippen molar-refractivity contribution in [3.05, 3.63) is 110 Å². The highest BCUT2D eigenvalue weighted by molar-refractivity contribution is 8.18. The van der Waals surface area contributed by atoms with Crippen molar-refractivity contribution in [2.75, 3.05) is 13.2 Å². The number of hydrogen-bond donors (Lipinski definition) is 0. The Morgan fingerprint density at radius 2 is 1.73 bits per heavy atom. The average molecular weight is 534 g/mol. The van der Waals surface area contributed by atoms with Gasteiger partial charge in [-0.05, 0) is 48.2 Å². The first-order valence-corrected chi connectivity index (χ1v) is 12.5. The summed E-state index contributed by atoms with van der Waals surface area (Å²) in [5.74, 6) is 0.212. The number of fused-ring (bicyclic) bond motifs is 1. The molecule has 1 fully saturated rings. The van der Waals surface area contributed by atoms with Gasteiger partial charge >= 0.3 is 0 Å². The lowest BCUT2D eigenvalue weighted by atomic mass is 10.1. The molecule has 1 aliphatic heterocycles. The molecule has 0 atom stereocenters. The van der Waals surface area contributed by atoms with Crippen molar-refractivity contribution < 1.29 is 19.2 Å². The van der Waals surface area contributed by atoms with Gasteiger partial charge in [-0.1, -0.05) is 48.0 Å². The Balaban J connectivity index is 1.37. The zero-order valence-electron chi connectivity index (χ0n) is 19.4. The second kappa shape index (κ2) is 10.5. The second-order valence-corrected chi connectivity index (χ2v) is 9.68. The number of ether oxygens (including phenoxy) is 1. The molecule has 4 aromatic rings. The molecule has 0 unspecified atom stereocenters. The van der Waals surface area contributed by atoms with E-state index in [2.05, 4.69) is 0 Å². The van der Waals surface area contributed by atoms with Crippen molar-refractivity contribution in [2.24, 2.45) is 0 Å². The Morgan fingerprint density at radius 3 is 2.51 bits per heavy atom. The number of aromatic nitrogens is 1. The van der Waals surface area contributed by atoms with Crippen molar-refractivity contribution in [3.8, 4) is 5.75 Å². The molecular weight excluding hydrogens is 514 g/mol. The normalized spacial score (nSPS) is 14.6. The molecule has 0 N–H and O–H groups in total. The summed E-state index contributed by atoms with van der Waals surface area (Å²) < 4.78 is 7.54. The fourth-order valence-electron chi connectivity index (χ4n) is 4.15. The lowest BCUT2D eigenvalue weighted by molar-refractivity contribution is -0.385. The highest BCUT2D eigenvalue weighted by Gasteiger charge is 2.35. The Labute approximate surface area is 221 Å². The highest BCUT2D eigenvalue weighted by atomic mass is 35.5. The van der Waals surface area contributed by atoms with Crippen LogP contribution in [-0.2, 0) is 11.3 Å². The van der Waals surface area contributed by atoms with Crippen LogP contribution >= 0.6 is 23.4 Å². The molecule has 8 nitrogen and oxygen atoms in total. The maximum absolute atomic E-state index is 13.0. The van der Waals surface area contributed by atoms with Crippen molar-refractivity contribution >= 4 is 57.2 Å². The van der Waals surface area contributed by atoms with E-state index in [4.69, 9.17) is 16.3 Å². The van der Waals surface area contributed by atoms with E-state index in [1.807, 2.05) is 35.0 Å². The standard InChI is InChI=1S/C27H20ClN3O5S/c28-20-9-11-21(12-10-20)36-14-13-30-26(32)25(37-27(30)33)15-19-17-29(24-8-4-2-6-22(19)24)16-18-5-1-3-7-23(18)31(34)35/h1-12,15,17H,13-14,16H2/b25-15-. The minimum absolute atomic E-state index is 0.0452. The second-order valence-electron chi connectivity index (χ2n) is 8.25. The summed E-state index contributed by atoms with van der Waals surface area (Å²) in [6.07, 6.45) is 3.54. The molecule has 5 rings (SSSR count). The molecule has 3 aromatic carbocycles. The number of halogens is 1. The largest absolute Gasteiger partial charge is 0.492 e. The minimum atomic E-state index is -0.394. The number of amides is 2. The molecule has 10 heteroatoms. The molecule has 0 bridgehead atoms. The number of nitrogens with zero attached hydrogens (tertiary/aromatic N) is 3. The van der Waals surface area contributed by atoms with E-state index in [0.717, 1.165) is 28.2 Å². The zero-order valence-corrected chi connectivity index (χ0v) is 20.9. The average Bonchev–Trinajstić information content (AvgIpc) is 3.37. The van der Waals surface area contributed by atoms with Crippen LogP contribution in [0.25, 0.3) is 17.0 Å². The maximum Gasteiger partial charge on any atom is 0.293 e. The van der Waals surface area contributed by atoms with E-state index in [0.29, 0.717) is 21.2 Å². The zero-order chi connectivity index (χ0) is 25.9. The summed E-state index contributed by atoms with van der Waals surface area (Å²) >= 11 is 6.76. The molecule has 1 aliphatic rings. The van der Waals surface area contributed by atoms with Crippen LogP contribution in [0.2, 0.25) is 5.02 Å². The molecule has 0 saturated carbocycles. The fraction of sp³-hybridized carbons (Fsp3) is 0.111. The van der Waals surface area contributed by atoms with Crippen molar-refractivity contribution in [2.45, 2.75) is 6.54 Å². The lowest BCUT2D eigenvalue weighted by Crippen LogP contribution is -2.32. The lowest BCUT2D eigenvalue weighted by Gasteiger charge is -2.13. The topological polar surface area (TPSA) is 94.7 Å². The first-order chi connectivity index (χ1) is 17.9. The summed E-state index contributed by atoms with van der Waals surface area (Å²) in [5.41, 5.74) is 2.23. The third-order valence-electron chi connectivity index (χ3n) is 5.91. The van der Waals surface area contributed by atoms with E-state index in [1.54, 1.807) is 48.5 Å². The Bertz CT molecular complexity index is 1550. The molecular formula is C27H20ClN3O5S. The third kappa shape index (κ3) is 5.23. The van der Waals surface area contributed by atoms with E-state index < -0.39 is 4.92 Å². The number of carbonyl (C=O) groups excluding carboxylic acids is 2. The molecule has 1 aromatic heterocycles. The predicted molar refractivity (Wildman–Crippen MR) is 144 cm³/mol. The monoisotopic (exact) mass is 533 g/mol. The van der Waals surface area contributed by atoms with E-state index in [1.165, 1.54) is 11.0 Å². The number of imide groups is 1. The molecule has 37 heavy (non-hydrogen) atoms.